The van der Waals surface area contributed by atoms with E-state index in [0.717, 1.165) is 17.1 Å². The summed E-state index contributed by atoms with van der Waals surface area (Å²) in [6.07, 6.45) is -1.91. The summed E-state index contributed by atoms with van der Waals surface area (Å²) in [5.74, 6) is -1.42. The van der Waals surface area contributed by atoms with Crippen molar-refractivity contribution in [2.24, 2.45) is 7.05 Å². The van der Waals surface area contributed by atoms with Crippen LogP contribution in [0.15, 0.2) is 23.5 Å². The zero-order valence-electron chi connectivity index (χ0n) is 12.9. The molecular weight excluding hydrogens is 351 g/mol. The number of aryl methyl sites for hydroxylation is 1. The minimum absolute atomic E-state index is 0.125. The van der Waals surface area contributed by atoms with Gasteiger partial charge in [-0.2, -0.15) is 23.4 Å². The maximum atomic E-state index is 12.9. The second-order valence-electron chi connectivity index (χ2n) is 5.25. The fourth-order valence-electron chi connectivity index (χ4n) is 1.84. The number of nitrogens with zero attached hydrogens (tertiary/aromatic N) is 4. The van der Waals surface area contributed by atoms with Gasteiger partial charge in [0, 0.05) is 25.5 Å². The molecule has 2 aromatic rings. The zero-order valence-corrected chi connectivity index (χ0v) is 13.7. The summed E-state index contributed by atoms with van der Waals surface area (Å²) < 4.78 is 66.5. The topological polar surface area (TPSA) is 98.9 Å². The van der Waals surface area contributed by atoms with Crippen molar-refractivity contribution in [3.63, 3.8) is 0 Å². The Morgan fingerprint density at radius 1 is 1.29 bits per heavy atom. The monoisotopic (exact) mass is 365 g/mol. The molecule has 8 nitrogen and oxygen atoms in total. The molecule has 2 heterocycles. The molecule has 132 valence electrons. The van der Waals surface area contributed by atoms with Crippen molar-refractivity contribution in [3.05, 3.63) is 29.8 Å². The lowest BCUT2D eigenvalue weighted by atomic mass is 10.2. The number of hydrogen-bond acceptors (Lipinski definition) is 5. The van der Waals surface area contributed by atoms with E-state index < -0.39 is 33.4 Å². The highest BCUT2D eigenvalue weighted by molar-refractivity contribution is 7.90. The van der Waals surface area contributed by atoms with Gasteiger partial charge >= 0.3 is 6.18 Å². The van der Waals surface area contributed by atoms with Crippen LogP contribution in [0.3, 0.4) is 0 Å². The molecule has 0 radical (unpaired) electrons. The Balaban J connectivity index is 2.32. The molecule has 0 unspecified atom stereocenters. The van der Waals surface area contributed by atoms with E-state index in [9.17, 15) is 26.4 Å². The van der Waals surface area contributed by atoms with Crippen LogP contribution in [0.5, 0.6) is 0 Å². The van der Waals surface area contributed by atoms with Crippen LogP contribution < -0.4 is 4.72 Å². The maximum absolute atomic E-state index is 12.9. The van der Waals surface area contributed by atoms with Gasteiger partial charge in [-0.25, -0.2) is 13.1 Å². The number of amides is 1. The highest BCUT2D eigenvalue weighted by Crippen LogP contribution is 2.30. The minimum atomic E-state index is -4.89. The molecule has 0 aromatic carbocycles. The Labute approximate surface area is 135 Å². The molecule has 0 spiro atoms. The van der Waals surface area contributed by atoms with Crippen LogP contribution >= 0.6 is 0 Å². The van der Waals surface area contributed by atoms with E-state index in [0.29, 0.717) is 0 Å². The number of nitrogens with one attached hydrogen (secondary N) is 1. The van der Waals surface area contributed by atoms with Gasteiger partial charge in [0.2, 0.25) is 0 Å². The summed E-state index contributed by atoms with van der Waals surface area (Å²) >= 11 is 0. The van der Waals surface area contributed by atoms with Gasteiger partial charge in [0.15, 0.2) is 5.69 Å². The third-order valence-corrected chi connectivity index (χ3v) is 4.27. The van der Waals surface area contributed by atoms with Crippen LogP contribution in [-0.4, -0.2) is 33.9 Å². The Kier molecular flexibility index (Phi) is 4.44. The van der Waals surface area contributed by atoms with E-state index in [1.54, 1.807) is 18.6 Å². The van der Waals surface area contributed by atoms with Crippen LogP contribution in [0, 0.1) is 0 Å². The van der Waals surface area contributed by atoms with Crippen molar-refractivity contribution in [3.8, 4) is 0 Å². The fraction of sp³-hybridized carbons (Fsp3) is 0.417. The molecule has 2 aromatic heterocycles. The molecule has 0 bridgehead atoms. The SMILES string of the molecule is CC(C)n1cc(S(=O)(=O)NC(=O)c2cn(C)nc2C(F)(F)F)cn1. The molecule has 0 aliphatic rings. The number of rotatable bonds is 4. The van der Waals surface area contributed by atoms with E-state index in [1.165, 1.54) is 17.9 Å². The first kappa shape index (κ1) is 18.0. The van der Waals surface area contributed by atoms with Crippen molar-refractivity contribution in [2.75, 3.05) is 0 Å². The quantitative estimate of drug-likeness (QED) is 0.881. The molecular formula is C12H14F3N5O3S. The van der Waals surface area contributed by atoms with Crippen LogP contribution in [0.2, 0.25) is 0 Å². The van der Waals surface area contributed by atoms with Crippen molar-refractivity contribution in [2.45, 2.75) is 31.0 Å². The van der Waals surface area contributed by atoms with E-state index in [1.807, 2.05) is 0 Å². The zero-order chi connectivity index (χ0) is 18.3. The highest BCUT2D eigenvalue weighted by Gasteiger charge is 2.39. The number of halogens is 3. The number of sulfonamides is 1. The third kappa shape index (κ3) is 3.58. The highest BCUT2D eigenvalue weighted by atomic mass is 32.2. The molecule has 0 saturated heterocycles. The molecule has 24 heavy (non-hydrogen) atoms. The van der Waals surface area contributed by atoms with Crippen molar-refractivity contribution in [1.29, 1.82) is 0 Å². The Morgan fingerprint density at radius 2 is 1.92 bits per heavy atom. The van der Waals surface area contributed by atoms with Gasteiger partial charge in [-0.05, 0) is 13.8 Å². The summed E-state index contributed by atoms with van der Waals surface area (Å²) in [7, 11) is -3.17. The lowest BCUT2D eigenvalue weighted by molar-refractivity contribution is -0.141. The number of alkyl halides is 3. The molecule has 2 rings (SSSR count). The molecule has 0 saturated carbocycles. The van der Waals surface area contributed by atoms with Gasteiger partial charge < -0.3 is 0 Å². The number of hydrogen-bond donors (Lipinski definition) is 1. The largest absolute Gasteiger partial charge is 0.435 e. The third-order valence-electron chi connectivity index (χ3n) is 2.99. The molecule has 0 fully saturated rings. The summed E-state index contributed by atoms with van der Waals surface area (Å²) in [5.41, 5.74) is -2.35. The summed E-state index contributed by atoms with van der Waals surface area (Å²) in [6.45, 7) is 3.51. The van der Waals surface area contributed by atoms with Gasteiger partial charge in [-0.15, -0.1) is 0 Å². The number of carbonyl (C=O) groups is 1. The minimum Gasteiger partial charge on any atom is -0.274 e. The molecule has 0 atom stereocenters. The van der Waals surface area contributed by atoms with Crippen LogP contribution in [0.25, 0.3) is 0 Å². The fourth-order valence-corrected chi connectivity index (χ4v) is 2.75. The average Bonchev–Trinajstić information content (AvgIpc) is 3.03. The maximum Gasteiger partial charge on any atom is 0.435 e. The van der Waals surface area contributed by atoms with Gasteiger partial charge in [0.05, 0.1) is 11.8 Å². The first-order chi connectivity index (χ1) is 10.9. The van der Waals surface area contributed by atoms with Gasteiger partial charge in [-0.3, -0.25) is 14.2 Å². The van der Waals surface area contributed by atoms with Gasteiger partial charge in [0.25, 0.3) is 15.9 Å². The van der Waals surface area contributed by atoms with Crippen LogP contribution in [0.4, 0.5) is 13.2 Å². The van der Waals surface area contributed by atoms with Crippen LogP contribution in [0.1, 0.15) is 35.9 Å². The smallest absolute Gasteiger partial charge is 0.274 e. The number of aromatic nitrogens is 4. The standard InChI is InChI=1S/C12H14F3N5O3S/c1-7(2)20-5-8(4-16-20)24(22,23)18-11(21)9-6-19(3)17-10(9)12(13,14)15/h4-7H,1-3H3,(H,18,21). The summed E-state index contributed by atoms with van der Waals surface area (Å²) in [6, 6.07) is -0.125. The predicted octanol–water partition coefficient (Wildman–Crippen LogP) is 1.33. The Hall–Kier alpha value is -2.37. The first-order valence-corrected chi connectivity index (χ1v) is 8.12. The normalized spacial score (nSPS) is 12.6. The first-order valence-electron chi connectivity index (χ1n) is 6.64. The van der Waals surface area contributed by atoms with Crippen molar-refractivity contribution >= 4 is 15.9 Å². The van der Waals surface area contributed by atoms with E-state index in [4.69, 9.17) is 0 Å². The molecule has 1 amide bonds. The Bertz CT molecular complexity index is 867. The molecule has 12 heteroatoms. The summed E-state index contributed by atoms with van der Waals surface area (Å²) in [4.78, 5) is 11.7. The number of carbonyl (C=O) groups excluding carboxylic acids is 1. The lowest BCUT2D eigenvalue weighted by Gasteiger charge is -2.07. The van der Waals surface area contributed by atoms with Gasteiger partial charge in [0.1, 0.15) is 4.90 Å². The van der Waals surface area contributed by atoms with Crippen molar-refractivity contribution in [1.82, 2.24) is 24.3 Å². The second kappa shape index (κ2) is 5.92. The van der Waals surface area contributed by atoms with E-state index in [2.05, 4.69) is 10.2 Å². The molecule has 0 aliphatic heterocycles. The van der Waals surface area contributed by atoms with E-state index in [-0.39, 0.29) is 10.9 Å². The van der Waals surface area contributed by atoms with Gasteiger partial charge in [-0.1, -0.05) is 0 Å². The average molecular weight is 365 g/mol. The Morgan fingerprint density at radius 3 is 2.42 bits per heavy atom. The van der Waals surface area contributed by atoms with E-state index >= 15 is 0 Å². The van der Waals surface area contributed by atoms with Crippen LogP contribution in [-0.2, 0) is 23.2 Å². The molecule has 1 N–H and O–H groups in total. The lowest BCUT2D eigenvalue weighted by Crippen LogP contribution is -2.31. The molecule has 0 aliphatic carbocycles. The van der Waals surface area contributed by atoms with Crippen molar-refractivity contribution < 1.29 is 26.4 Å². The summed E-state index contributed by atoms with van der Waals surface area (Å²) in [5, 5.41) is 6.97. The second-order valence-corrected chi connectivity index (χ2v) is 6.93. The predicted molar refractivity (Wildman–Crippen MR) is 75.5 cm³/mol.